The van der Waals surface area contributed by atoms with Gasteiger partial charge in [0.1, 0.15) is 0 Å². The molecule has 0 rings (SSSR count). The van der Waals surface area contributed by atoms with E-state index < -0.39 is 3.79 Å². The molecule has 47 valence electrons. The molecule has 8 heavy (non-hydrogen) atoms. The molecule has 0 spiro atoms. The first-order valence-electron chi connectivity index (χ1n) is 1.62. The quantitative estimate of drug-likeness (QED) is 0.624. The molecule has 0 bridgehead atoms. The summed E-state index contributed by atoms with van der Waals surface area (Å²) in [6, 6.07) is 0. The fraction of sp³-hybridized carbons (Fsp3) is 0.667. The van der Waals surface area contributed by atoms with E-state index in [-0.39, 0.29) is 5.75 Å². The summed E-state index contributed by atoms with van der Waals surface area (Å²) in [5, 5.41) is 0. The maximum atomic E-state index is 9.51. The van der Waals surface area contributed by atoms with Crippen LogP contribution in [0.2, 0.25) is 0 Å². The summed E-state index contributed by atoms with van der Waals surface area (Å²) in [5.41, 5.74) is 1.54. The van der Waals surface area contributed by atoms with Gasteiger partial charge in [-0.05, 0) is 0 Å². The van der Waals surface area contributed by atoms with Gasteiger partial charge in [-0.15, -0.1) is 0 Å². The lowest BCUT2D eigenvalue weighted by atomic mass is 10.9. The van der Waals surface area contributed by atoms with Crippen molar-refractivity contribution in [3.63, 3.8) is 0 Å². The standard InChI is InChI=1S/C3H2Cl3OS/c4-3(5,6)1-8-2-7/h1H2. The van der Waals surface area contributed by atoms with E-state index in [9.17, 15) is 4.79 Å². The Bertz CT molecular complexity index is 79.1. The van der Waals surface area contributed by atoms with E-state index >= 15 is 0 Å². The molecule has 1 nitrogen and oxygen atoms in total. The molecular weight excluding hydrogens is 190 g/mol. The predicted molar refractivity (Wildman–Crippen MR) is 38.4 cm³/mol. The van der Waals surface area contributed by atoms with E-state index in [1.165, 1.54) is 5.62 Å². The van der Waals surface area contributed by atoms with E-state index in [0.29, 0.717) is 0 Å². The second-order valence-corrected chi connectivity index (χ2v) is 4.25. The minimum Gasteiger partial charge on any atom is -0.277 e. The zero-order valence-corrected chi connectivity index (χ0v) is 6.74. The zero-order valence-electron chi connectivity index (χ0n) is 3.66. The van der Waals surface area contributed by atoms with Crippen molar-refractivity contribution in [2.24, 2.45) is 0 Å². The van der Waals surface area contributed by atoms with Crippen LogP contribution in [0, 0.1) is 0 Å². The van der Waals surface area contributed by atoms with E-state index in [2.05, 4.69) is 0 Å². The lowest BCUT2D eigenvalue weighted by Gasteiger charge is -2.04. The lowest BCUT2D eigenvalue weighted by molar-refractivity contribution is 0.570. The van der Waals surface area contributed by atoms with Crippen LogP contribution in [0.15, 0.2) is 0 Å². The average molecular weight is 192 g/mol. The van der Waals surface area contributed by atoms with Crippen LogP contribution in [-0.2, 0) is 4.79 Å². The summed E-state index contributed by atoms with van der Waals surface area (Å²) >= 11 is 16.5. The first-order chi connectivity index (χ1) is 3.56. The van der Waals surface area contributed by atoms with Crippen LogP contribution in [0.5, 0.6) is 0 Å². The van der Waals surface area contributed by atoms with E-state index in [1.54, 1.807) is 0 Å². The molecule has 0 amide bonds. The highest BCUT2D eigenvalue weighted by Gasteiger charge is 2.18. The predicted octanol–water partition coefficient (Wildman–Crippen LogP) is 2.16. The van der Waals surface area contributed by atoms with Crippen LogP contribution in [0.3, 0.4) is 0 Å². The van der Waals surface area contributed by atoms with Crippen molar-refractivity contribution in [1.82, 2.24) is 0 Å². The highest BCUT2D eigenvalue weighted by Crippen LogP contribution is 2.29. The molecule has 0 aromatic carbocycles. The van der Waals surface area contributed by atoms with Crippen molar-refractivity contribution >= 4 is 52.2 Å². The average Bonchev–Trinajstić information content (AvgIpc) is 1.59. The van der Waals surface area contributed by atoms with Crippen molar-refractivity contribution in [2.45, 2.75) is 3.79 Å². The number of halogens is 3. The summed E-state index contributed by atoms with van der Waals surface area (Å²) in [6.07, 6.45) is 0. The first-order valence-corrected chi connectivity index (χ1v) is 3.74. The topological polar surface area (TPSA) is 17.1 Å². The Hall–Kier alpha value is 0.890. The van der Waals surface area contributed by atoms with Gasteiger partial charge in [-0.25, -0.2) is 0 Å². The molecule has 0 unspecified atom stereocenters. The van der Waals surface area contributed by atoms with Gasteiger partial charge in [-0.3, -0.25) is 4.79 Å². The molecule has 0 aliphatic carbocycles. The fourth-order valence-corrected chi connectivity index (χ4v) is 0.825. The second kappa shape index (κ2) is 3.83. The van der Waals surface area contributed by atoms with Crippen LogP contribution in [0.1, 0.15) is 0 Å². The Kier molecular flexibility index (Phi) is 4.26. The van der Waals surface area contributed by atoms with Crippen LogP contribution in [0.4, 0.5) is 0 Å². The van der Waals surface area contributed by atoms with Crippen LogP contribution in [-0.4, -0.2) is 15.2 Å². The Morgan fingerprint density at radius 3 is 2.12 bits per heavy atom. The maximum Gasteiger partial charge on any atom is 0.266 e. The normalized spacial score (nSPS) is 11.4. The molecule has 1 radical (unpaired) electrons. The summed E-state index contributed by atoms with van der Waals surface area (Å²) in [5.74, 6) is 0.154. The highest BCUT2D eigenvalue weighted by molar-refractivity contribution is 8.12. The third-order valence-corrected chi connectivity index (χ3v) is 1.87. The molecule has 5 heteroatoms. The summed E-state index contributed by atoms with van der Waals surface area (Å²) in [4.78, 5) is 9.51. The Morgan fingerprint density at radius 2 is 2.00 bits per heavy atom. The maximum absolute atomic E-state index is 9.51. The lowest BCUT2D eigenvalue weighted by Crippen LogP contribution is -2.04. The molecule has 0 fully saturated rings. The van der Waals surface area contributed by atoms with Gasteiger partial charge in [0, 0.05) is 5.75 Å². The fourth-order valence-electron chi connectivity index (χ4n) is 0.111. The third kappa shape index (κ3) is 6.89. The van der Waals surface area contributed by atoms with Crippen molar-refractivity contribution in [2.75, 3.05) is 5.75 Å². The summed E-state index contributed by atoms with van der Waals surface area (Å²) < 4.78 is -1.33. The zero-order chi connectivity index (χ0) is 6.62. The first kappa shape index (κ1) is 8.89. The Labute approximate surface area is 66.7 Å². The van der Waals surface area contributed by atoms with Crippen molar-refractivity contribution in [3.8, 4) is 0 Å². The van der Waals surface area contributed by atoms with E-state index in [1.807, 2.05) is 0 Å². The van der Waals surface area contributed by atoms with Crippen LogP contribution in [0.25, 0.3) is 0 Å². The van der Waals surface area contributed by atoms with Gasteiger partial charge in [0.2, 0.25) is 0 Å². The van der Waals surface area contributed by atoms with Crippen molar-refractivity contribution in [1.29, 1.82) is 0 Å². The minimum absolute atomic E-state index is 0.154. The van der Waals surface area contributed by atoms with Gasteiger partial charge >= 0.3 is 0 Å². The number of hydrogen-bond donors (Lipinski definition) is 0. The monoisotopic (exact) mass is 191 g/mol. The molecular formula is C3H2Cl3OS. The molecule has 0 saturated carbocycles. The number of alkyl halides is 3. The van der Waals surface area contributed by atoms with Gasteiger partial charge in [0.05, 0.1) is 0 Å². The molecule has 0 heterocycles. The summed E-state index contributed by atoms with van der Waals surface area (Å²) in [7, 11) is 0. The van der Waals surface area contributed by atoms with E-state index in [4.69, 9.17) is 34.8 Å². The highest BCUT2D eigenvalue weighted by atomic mass is 35.6. The van der Waals surface area contributed by atoms with Gasteiger partial charge < -0.3 is 0 Å². The Balaban J connectivity index is 3.24. The molecule has 0 saturated heterocycles. The minimum atomic E-state index is -1.33. The second-order valence-electron chi connectivity index (χ2n) is 0.987. The number of thioether (sulfide) groups is 1. The SMILES string of the molecule is O=[C]SCC(Cl)(Cl)Cl. The molecule has 0 aliphatic rings. The number of carbonyl (C=O) groups excluding carboxylic acids is 1. The molecule has 0 aromatic rings. The van der Waals surface area contributed by atoms with Crippen LogP contribution < -0.4 is 0 Å². The van der Waals surface area contributed by atoms with Crippen molar-refractivity contribution < 1.29 is 4.79 Å². The molecule has 0 aliphatic heterocycles. The van der Waals surface area contributed by atoms with E-state index in [0.717, 1.165) is 11.8 Å². The molecule has 0 atom stereocenters. The Morgan fingerprint density at radius 1 is 1.50 bits per heavy atom. The van der Waals surface area contributed by atoms with Gasteiger partial charge in [0.25, 0.3) is 5.62 Å². The summed E-state index contributed by atoms with van der Waals surface area (Å²) in [6.45, 7) is 0. The van der Waals surface area contributed by atoms with Crippen LogP contribution >= 0.6 is 46.6 Å². The van der Waals surface area contributed by atoms with Gasteiger partial charge in [-0.2, -0.15) is 0 Å². The molecule has 0 N–H and O–H groups in total. The van der Waals surface area contributed by atoms with Crippen molar-refractivity contribution in [3.05, 3.63) is 0 Å². The number of hydrogen-bond acceptors (Lipinski definition) is 2. The molecule has 0 aromatic heterocycles. The number of rotatable bonds is 2. The smallest absolute Gasteiger partial charge is 0.266 e. The van der Waals surface area contributed by atoms with Gasteiger partial charge in [0.15, 0.2) is 3.79 Å². The van der Waals surface area contributed by atoms with Gasteiger partial charge in [-0.1, -0.05) is 46.6 Å². The largest absolute Gasteiger partial charge is 0.277 e. The third-order valence-electron chi connectivity index (χ3n) is 0.295.